The van der Waals surface area contributed by atoms with Crippen LogP contribution in [0, 0.1) is 6.92 Å². The van der Waals surface area contributed by atoms with E-state index in [1.165, 1.54) is 0 Å². The first-order chi connectivity index (χ1) is 10.1. The van der Waals surface area contributed by atoms with Crippen molar-refractivity contribution >= 4 is 11.7 Å². The van der Waals surface area contributed by atoms with Crippen molar-refractivity contribution in [2.24, 2.45) is 0 Å². The number of nitrogens with two attached hydrogens (primary N) is 1. The Hall–Kier alpha value is -2.37. The largest absolute Gasteiger partial charge is 0.382 e. The van der Waals surface area contributed by atoms with Crippen LogP contribution in [0.3, 0.4) is 0 Å². The first-order valence-electron chi connectivity index (χ1n) is 7.15. The summed E-state index contributed by atoms with van der Waals surface area (Å²) in [5, 5.41) is 4.26. The summed E-state index contributed by atoms with van der Waals surface area (Å²) in [7, 11) is 0. The molecule has 3 rings (SSSR count). The van der Waals surface area contributed by atoms with Crippen molar-refractivity contribution < 1.29 is 4.79 Å². The van der Waals surface area contributed by atoms with Gasteiger partial charge >= 0.3 is 0 Å². The maximum atomic E-state index is 12.4. The molecule has 6 nitrogen and oxygen atoms in total. The van der Waals surface area contributed by atoms with Crippen LogP contribution in [0.1, 0.15) is 34.8 Å². The zero-order chi connectivity index (χ0) is 14.8. The quantitative estimate of drug-likeness (QED) is 0.910. The fourth-order valence-electron chi connectivity index (χ4n) is 2.74. The number of carbonyl (C=O) groups is 1. The van der Waals surface area contributed by atoms with Crippen LogP contribution in [-0.2, 0) is 0 Å². The fraction of sp³-hybridized carbons (Fsp3) is 0.400. The average molecular weight is 285 g/mol. The van der Waals surface area contributed by atoms with E-state index in [0.29, 0.717) is 17.4 Å². The van der Waals surface area contributed by atoms with Crippen molar-refractivity contribution in [2.45, 2.75) is 25.8 Å². The van der Waals surface area contributed by atoms with Gasteiger partial charge in [-0.1, -0.05) is 0 Å². The predicted octanol–water partition coefficient (Wildman–Crippen LogP) is 1.65. The van der Waals surface area contributed by atoms with Gasteiger partial charge in [0.05, 0.1) is 11.6 Å². The Bertz CT molecular complexity index is 643. The molecule has 110 valence electrons. The van der Waals surface area contributed by atoms with E-state index in [2.05, 4.69) is 10.1 Å². The Morgan fingerprint density at radius 3 is 2.71 bits per heavy atom. The van der Waals surface area contributed by atoms with Gasteiger partial charge in [-0.15, -0.1) is 0 Å². The van der Waals surface area contributed by atoms with Crippen LogP contribution in [0.4, 0.5) is 5.82 Å². The van der Waals surface area contributed by atoms with Crippen molar-refractivity contribution in [1.82, 2.24) is 19.7 Å². The number of carbonyl (C=O) groups excluding carboxylic acids is 1. The third-order valence-electron chi connectivity index (χ3n) is 3.88. The Morgan fingerprint density at radius 1 is 1.33 bits per heavy atom. The molecule has 2 aromatic heterocycles. The summed E-state index contributed by atoms with van der Waals surface area (Å²) in [5.41, 5.74) is 7.31. The van der Waals surface area contributed by atoms with E-state index in [4.69, 9.17) is 5.73 Å². The SMILES string of the molecule is Cc1cncc(C(=O)N2CCC(n3ccc(N)n3)CC2)c1. The first kappa shape index (κ1) is 13.6. The molecule has 0 radical (unpaired) electrons. The maximum Gasteiger partial charge on any atom is 0.255 e. The molecule has 1 fully saturated rings. The number of amides is 1. The first-order valence-corrected chi connectivity index (χ1v) is 7.15. The van der Waals surface area contributed by atoms with Crippen molar-refractivity contribution in [3.05, 3.63) is 41.9 Å². The standard InChI is InChI=1S/C15H19N5O/c1-11-8-12(10-17-9-11)15(21)19-5-2-13(3-6-19)20-7-4-14(16)18-20/h4,7-10,13H,2-3,5-6H2,1H3,(H2,16,18). The fourth-order valence-corrected chi connectivity index (χ4v) is 2.74. The number of piperidine rings is 1. The van der Waals surface area contributed by atoms with Gasteiger partial charge in [-0.3, -0.25) is 14.5 Å². The van der Waals surface area contributed by atoms with Crippen LogP contribution >= 0.6 is 0 Å². The number of pyridine rings is 1. The van der Waals surface area contributed by atoms with Gasteiger partial charge in [0.1, 0.15) is 5.82 Å². The van der Waals surface area contributed by atoms with E-state index in [0.717, 1.165) is 31.5 Å². The number of aryl methyl sites for hydroxylation is 1. The van der Waals surface area contributed by atoms with Gasteiger partial charge in [-0.05, 0) is 37.5 Å². The van der Waals surface area contributed by atoms with E-state index in [1.807, 2.05) is 28.8 Å². The van der Waals surface area contributed by atoms with Gasteiger partial charge in [0, 0.05) is 31.7 Å². The highest BCUT2D eigenvalue weighted by molar-refractivity contribution is 5.94. The van der Waals surface area contributed by atoms with Crippen LogP contribution in [0.2, 0.25) is 0 Å². The number of anilines is 1. The van der Waals surface area contributed by atoms with Crippen LogP contribution in [0.25, 0.3) is 0 Å². The average Bonchev–Trinajstić information content (AvgIpc) is 2.93. The summed E-state index contributed by atoms with van der Waals surface area (Å²) in [5.74, 6) is 0.601. The summed E-state index contributed by atoms with van der Waals surface area (Å²) in [6.45, 7) is 3.41. The third-order valence-corrected chi connectivity index (χ3v) is 3.88. The van der Waals surface area contributed by atoms with Crippen molar-refractivity contribution in [1.29, 1.82) is 0 Å². The van der Waals surface area contributed by atoms with Gasteiger partial charge in [0.15, 0.2) is 0 Å². The summed E-state index contributed by atoms with van der Waals surface area (Å²) >= 11 is 0. The molecule has 2 N–H and O–H groups in total. The van der Waals surface area contributed by atoms with E-state index in [1.54, 1.807) is 18.5 Å². The molecular formula is C15H19N5O. The van der Waals surface area contributed by atoms with E-state index >= 15 is 0 Å². The second kappa shape index (κ2) is 5.55. The van der Waals surface area contributed by atoms with Crippen LogP contribution in [0.5, 0.6) is 0 Å². The Morgan fingerprint density at radius 2 is 2.10 bits per heavy atom. The topological polar surface area (TPSA) is 77.0 Å². The molecule has 6 heteroatoms. The van der Waals surface area contributed by atoms with Gasteiger partial charge < -0.3 is 10.6 Å². The third kappa shape index (κ3) is 2.89. The molecular weight excluding hydrogens is 266 g/mol. The monoisotopic (exact) mass is 285 g/mol. The Kier molecular flexibility index (Phi) is 3.60. The molecule has 0 saturated carbocycles. The Labute approximate surface area is 123 Å². The number of hydrogen-bond donors (Lipinski definition) is 1. The van der Waals surface area contributed by atoms with E-state index in [-0.39, 0.29) is 5.91 Å². The van der Waals surface area contributed by atoms with Gasteiger partial charge in [0.25, 0.3) is 5.91 Å². The highest BCUT2D eigenvalue weighted by Crippen LogP contribution is 2.23. The molecule has 21 heavy (non-hydrogen) atoms. The number of aromatic nitrogens is 3. The molecule has 1 amide bonds. The number of likely N-dealkylation sites (tertiary alicyclic amines) is 1. The minimum Gasteiger partial charge on any atom is -0.382 e. The van der Waals surface area contributed by atoms with Crippen LogP contribution < -0.4 is 5.73 Å². The van der Waals surface area contributed by atoms with Crippen molar-refractivity contribution in [3.8, 4) is 0 Å². The highest BCUT2D eigenvalue weighted by Gasteiger charge is 2.25. The number of nitrogens with zero attached hydrogens (tertiary/aromatic N) is 4. The molecule has 2 aromatic rings. The smallest absolute Gasteiger partial charge is 0.255 e. The van der Waals surface area contributed by atoms with Gasteiger partial charge in [-0.25, -0.2) is 0 Å². The van der Waals surface area contributed by atoms with Crippen LogP contribution in [-0.4, -0.2) is 38.7 Å². The number of nitrogen functional groups attached to an aromatic ring is 1. The molecule has 0 aliphatic carbocycles. The number of rotatable bonds is 2. The Balaban J connectivity index is 1.64. The molecule has 1 saturated heterocycles. The molecule has 1 aliphatic rings. The maximum absolute atomic E-state index is 12.4. The lowest BCUT2D eigenvalue weighted by Gasteiger charge is -2.32. The molecule has 1 aliphatic heterocycles. The molecule has 0 aromatic carbocycles. The van der Waals surface area contributed by atoms with Crippen LogP contribution in [0.15, 0.2) is 30.7 Å². The lowest BCUT2D eigenvalue weighted by atomic mass is 10.0. The summed E-state index contributed by atoms with van der Waals surface area (Å²) < 4.78 is 1.91. The van der Waals surface area contributed by atoms with Crippen molar-refractivity contribution in [2.75, 3.05) is 18.8 Å². The van der Waals surface area contributed by atoms with Gasteiger partial charge in [-0.2, -0.15) is 5.10 Å². The normalized spacial score (nSPS) is 16.1. The van der Waals surface area contributed by atoms with E-state index < -0.39 is 0 Å². The van der Waals surface area contributed by atoms with Gasteiger partial charge in [0.2, 0.25) is 0 Å². The second-order valence-corrected chi connectivity index (χ2v) is 5.49. The molecule has 0 bridgehead atoms. The lowest BCUT2D eigenvalue weighted by molar-refractivity contribution is 0.0689. The zero-order valence-corrected chi connectivity index (χ0v) is 12.1. The zero-order valence-electron chi connectivity index (χ0n) is 12.1. The second-order valence-electron chi connectivity index (χ2n) is 5.49. The predicted molar refractivity (Wildman–Crippen MR) is 79.8 cm³/mol. The minimum absolute atomic E-state index is 0.0598. The molecule has 0 atom stereocenters. The minimum atomic E-state index is 0.0598. The lowest BCUT2D eigenvalue weighted by Crippen LogP contribution is -2.39. The highest BCUT2D eigenvalue weighted by atomic mass is 16.2. The summed E-state index contributed by atoms with van der Waals surface area (Å²) in [6.07, 6.45) is 7.08. The summed E-state index contributed by atoms with van der Waals surface area (Å²) in [4.78, 5) is 18.4. The van der Waals surface area contributed by atoms with Crippen molar-refractivity contribution in [3.63, 3.8) is 0 Å². The summed E-state index contributed by atoms with van der Waals surface area (Å²) in [6, 6.07) is 4.01. The van der Waals surface area contributed by atoms with E-state index in [9.17, 15) is 4.79 Å². The molecule has 0 spiro atoms. The molecule has 0 unspecified atom stereocenters. The number of hydrogen-bond acceptors (Lipinski definition) is 4. The molecule has 3 heterocycles.